The van der Waals surface area contributed by atoms with Crippen molar-refractivity contribution in [1.82, 2.24) is 14.8 Å². The van der Waals surface area contributed by atoms with E-state index in [-0.39, 0.29) is 0 Å². The Kier molecular flexibility index (Phi) is 5.22. The molecule has 1 aliphatic heterocycles. The molecule has 0 spiro atoms. The zero-order chi connectivity index (χ0) is 21.4. The van der Waals surface area contributed by atoms with Gasteiger partial charge < -0.3 is 10.1 Å². The minimum atomic E-state index is -0.787. The van der Waals surface area contributed by atoms with Gasteiger partial charge in [0, 0.05) is 55.4 Å². The number of carboxylic acid groups (broad SMARTS) is 1. The number of aromatic amines is 1. The highest BCUT2D eigenvalue weighted by atomic mass is 16.4. The number of aromatic nitrogens is 1. The Balaban J connectivity index is 1.33. The van der Waals surface area contributed by atoms with Crippen molar-refractivity contribution in [3.63, 3.8) is 0 Å². The molecule has 2 heterocycles. The van der Waals surface area contributed by atoms with Crippen LogP contribution in [0.25, 0.3) is 21.7 Å². The fraction of sp³-hybridized carbons (Fsp3) is 0.269. The Morgan fingerprint density at radius 2 is 1.77 bits per heavy atom. The highest BCUT2D eigenvalue weighted by molar-refractivity contribution is 5.89. The summed E-state index contributed by atoms with van der Waals surface area (Å²) >= 11 is 0. The highest BCUT2D eigenvalue weighted by Gasteiger charge is 2.32. The number of H-pyrrole nitrogens is 1. The van der Waals surface area contributed by atoms with Crippen molar-refractivity contribution in [2.24, 2.45) is 0 Å². The molecule has 158 valence electrons. The number of nitrogens with one attached hydrogen (secondary N) is 1. The Morgan fingerprint density at radius 1 is 1.00 bits per heavy atom. The van der Waals surface area contributed by atoms with E-state index in [0.29, 0.717) is 0 Å². The van der Waals surface area contributed by atoms with Crippen molar-refractivity contribution in [3.8, 4) is 0 Å². The standard InChI is InChI=1S/C26H27N3O2/c1-18-9-10-24-22(15-18)23(16-27-24)25(26(30)31)29-13-11-28(12-14-29)17-20-7-4-6-19-5-2-3-8-21(19)20/h2-10,15-16,25,27H,11-14,17H2,1H3,(H,30,31)/t25-/m0/s1. The van der Waals surface area contributed by atoms with Crippen molar-refractivity contribution >= 4 is 27.6 Å². The van der Waals surface area contributed by atoms with E-state index >= 15 is 0 Å². The number of carboxylic acids is 1. The number of piperazine rings is 1. The van der Waals surface area contributed by atoms with Gasteiger partial charge in [0.2, 0.25) is 0 Å². The molecule has 0 bridgehead atoms. The normalized spacial score (nSPS) is 16.7. The third kappa shape index (κ3) is 3.82. The van der Waals surface area contributed by atoms with Crippen LogP contribution < -0.4 is 0 Å². The van der Waals surface area contributed by atoms with Crippen LogP contribution >= 0.6 is 0 Å². The van der Waals surface area contributed by atoms with Gasteiger partial charge in [0.15, 0.2) is 0 Å². The molecule has 0 saturated carbocycles. The van der Waals surface area contributed by atoms with Crippen LogP contribution in [0.15, 0.2) is 66.9 Å². The molecule has 5 nitrogen and oxygen atoms in total. The fourth-order valence-corrected chi connectivity index (χ4v) is 4.82. The maximum absolute atomic E-state index is 12.3. The van der Waals surface area contributed by atoms with Gasteiger partial charge in [-0.25, -0.2) is 0 Å². The van der Waals surface area contributed by atoms with E-state index in [1.54, 1.807) is 0 Å². The number of hydrogen-bond acceptors (Lipinski definition) is 3. The number of aliphatic carboxylic acids is 1. The second kappa shape index (κ2) is 8.17. The number of benzene rings is 3. The molecule has 1 fully saturated rings. The Hall–Kier alpha value is -3.15. The first-order valence-electron chi connectivity index (χ1n) is 10.8. The van der Waals surface area contributed by atoms with Crippen LogP contribution in [0.2, 0.25) is 0 Å². The Morgan fingerprint density at radius 3 is 2.58 bits per heavy atom. The van der Waals surface area contributed by atoms with Crippen LogP contribution in [0.3, 0.4) is 0 Å². The van der Waals surface area contributed by atoms with Gasteiger partial charge in [-0.15, -0.1) is 0 Å². The van der Waals surface area contributed by atoms with E-state index in [1.165, 1.54) is 16.3 Å². The SMILES string of the molecule is Cc1ccc2[nH]cc([C@@H](C(=O)O)N3CCN(Cc4cccc5ccccc45)CC3)c2c1. The van der Waals surface area contributed by atoms with Gasteiger partial charge >= 0.3 is 5.97 Å². The largest absolute Gasteiger partial charge is 0.480 e. The molecule has 4 aromatic rings. The summed E-state index contributed by atoms with van der Waals surface area (Å²) in [6.07, 6.45) is 1.87. The van der Waals surface area contributed by atoms with Crippen LogP contribution in [0, 0.1) is 6.92 Å². The minimum absolute atomic E-state index is 0.629. The molecule has 5 rings (SSSR count). The van der Waals surface area contributed by atoms with Crippen molar-refractivity contribution in [2.75, 3.05) is 26.2 Å². The number of hydrogen-bond donors (Lipinski definition) is 2. The summed E-state index contributed by atoms with van der Waals surface area (Å²) in [6, 6.07) is 20.5. The molecule has 1 aliphatic rings. The number of aryl methyl sites for hydroxylation is 1. The lowest BCUT2D eigenvalue weighted by Gasteiger charge is -2.37. The van der Waals surface area contributed by atoms with Gasteiger partial charge in [0.1, 0.15) is 6.04 Å². The van der Waals surface area contributed by atoms with Crippen molar-refractivity contribution in [1.29, 1.82) is 0 Å². The number of carbonyl (C=O) groups is 1. The maximum Gasteiger partial charge on any atom is 0.325 e. The molecular formula is C26H27N3O2. The monoisotopic (exact) mass is 413 g/mol. The predicted octanol–water partition coefficient (Wildman–Crippen LogP) is 4.57. The fourth-order valence-electron chi connectivity index (χ4n) is 4.82. The topological polar surface area (TPSA) is 59.6 Å². The summed E-state index contributed by atoms with van der Waals surface area (Å²) in [5, 5.41) is 13.6. The summed E-state index contributed by atoms with van der Waals surface area (Å²) in [5.41, 5.74) is 4.31. The summed E-state index contributed by atoms with van der Waals surface area (Å²) in [5.74, 6) is -0.787. The first-order valence-corrected chi connectivity index (χ1v) is 10.8. The maximum atomic E-state index is 12.3. The molecule has 1 saturated heterocycles. The molecule has 3 aromatic carbocycles. The van der Waals surface area contributed by atoms with E-state index in [9.17, 15) is 9.90 Å². The van der Waals surface area contributed by atoms with Crippen LogP contribution in [-0.2, 0) is 11.3 Å². The van der Waals surface area contributed by atoms with Crippen molar-refractivity contribution in [3.05, 3.63) is 83.6 Å². The zero-order valence-electron chi connectivity index (χ0n) is 17.7. The quantitative estimate of drug-likeness (QED) is 0.503. The molecular weight excluding hydrogens is 386 g/mol. The average Bonchev–Trinajstić information content (AvgIpc) is 3.18. The first-order chi connectivity index (χ1) is 15.1. The number of fused-ring (bicyclic) bond motifs is 2. The molecule has 0 amide bonds. The zero-order valence-corrected chi connectivity index (χ0v) is 17.7. The van der Waals surface area contributed by atoms with E-state index in [2.05, 4.69) is 63.3 Å². The van der Waals surface area contributed by atoms with Gasteiger partial charge in [0.25, 0.3) is 0 Å². The lowest BCUT2D eigenvalue weighted by Crippen LogP contribution is -2.48. The van der Waals surface area contributed by atoms with Gasteiger partial charge in [-0.05, 0) is 35.4 Å². The first kappa shape index (κ1) is 19.8. The van der Waals surface area contributed by atoms with E-state index < -0.39 is 12.0 Å². The molecule has 0 unspecified atom stereocenters. The van der Waals surface area contributed by atoms with Gasteiger partial charge in [-0.3, -0.25) is 14.6 Å². The number of rotatable bonds is 5. The predicted molar refractivity (Wildman–Crippen MR) is 124 cm³/mol. The van der Waals surface area contributed by atoms with Crippen LogP contribution in [0.4, 0.5) is 0 Å². The smallest absolute Gasteiger partial charge is 0.325 e. The Bertz CT molecular complexity index is 1230. The van der Waals surface area contributed by atoms with Crippen molar-refractivity contribution in [2.45, 2.75) is 19.5 Å². The van der Waals surface area contributed by atoms with Crippen LogP contribution in [-0.4, -0.2) is 52.0 Å². The van der Waals surface area contributed by atoms with Gasteiger partial charge in [-0.1, -0.05) is 54.1 Å². The van der Waals surface area contributed by atoms with Crippen LogP contribution in [0.5, 0.6) is 0 Å². The second-order valence-corrected chi connectivity index (χ2v) is 8.48. The highest BCUT2D eigenvalue weighted by Crippen LogP contribution is 2.30. The minimum Gasteiger partial charge on any atom is -0.480 e. The lowest BCUT2D eigenvalue weighted by atomic mass is 10.0. The average molecular weight is 414 g/mol. The van der Waals surface area contributed by atoms with Gasteiger partial charge in [0.05, 0.1) is 0 Å². The molecule has 31 heavy (non-hydrogen) atoms. The summed E-state index contributed by atoms with van der Waals surface area (Å²) in [4.78, 5) is 20.1. The Labute approximate surface area is 181 Å². The van der Waals surface area contributed by atoms with E-state index in [4.69, 9.17) is 0 Å². The lowest BCUT2D eigenvalue weighted by molar-refractivity contribution is -0.144. The molecule has 1 aromatic heterocycles. The second-order valence-electron chi connectivity index (χ2n) is 8.48. The molecule has 0 aliphatic carbocycles. The number of nitrogens with zero attached hydrogens (tertiary/aromatic N) is 2. The van der Waals surface area contributed by atoms with Crippen LogP contribution in [0.1, 0.15) is 22.7 Å². The molecule has 1 atom stereocenters. The third-order valence-corrected chi connectivity index (χ3v) is 6.44. The molecule has 2 N–H and O–H groups in total. The summed E-state index contributed by atoms with van der Waals surface area (Å²) in [7, 11) is 0. The van der Waals surface area contributed by atoms with E-state index in [0.717, 1.165) is 54.8 Å². The summed E-state index contributed by atoms with van der Waals surface area (Å²) in [6.45, 7) is 6.11. The third-order valence-electron chi connectivity index (χ3n) is 6.44. The summed E-state index contributed by atoms with van der Waals surface area (Å²) < 4.78 is 0. The van der Waals surface area contributed by atoms with Crippen molar-refractivity contribution < 1.29 is 9.90 Å². The molecule has 0 radical (unpaired) electrons. The van der Waals surface area contributed by atoms with Gasteiger partial charge in [-0.2, -0.15) is 0 Å². The van der Waals surface area contributed by atoms with E-state index in [1.807, 2.05) is 25.3 Å². The molecule has 5 heteroatoms.